The highest BCUT2D eigenvalue weighted by molar-refractivity contribution is 6.13. The van der Waals surface area contributed by atoms with Gasteiger partial charge in [0.1, 0.15) is 16.3 Å². The summed E-state index contributed by atoms with van der Waals surface area (Å²) in [4.78, 5) is 0. The van der Waals surface area contributed by atoms with Gasteiger partial charge in [0.2, 0.25) is 0 Å². The van der Waals surface area contributed by atoms with E-state index >= 15 is 0 Å². The van der Waals surface area contributed by atoms with Crippen molar-refractivity contribution in [3.05, 3.63) is 48.6 Å². The van der Waals surface area contributed by atoms with Crippen molar-refractivity contribution in [1.29, 1.82) is 0 Å². The second-order valence-electron chi connectivity index (χ2n) is 2.17. The fraction of sp³-hybridized carbons (Fsp3) is 0.111. The Morgan fingerprint density at radius 2 is 1.90 bits per heavy atom. The zero-order chi connectivity index (χ0) is 7.40. The summed E-state index contributed by atoms with van der Waals surface area (Å²) in [6.07, 6.45) is 1.92. The summed E-state index contributed by atoms with van der Waals surface area (Å²) in [5, 5.41) is 0. The quantitative estimate of drug-likeness (QED) is 0.440. The lowest BCUT2D eigenvalue weighted by molar-refractivity contribution is 1.22. The smallest absolute Gasteiger partial charge is 0.104 e. The van der Waals surface area contributed by atoms with Gasteiger partial charge in [0.25, 0.3) is 0 Å². The first-order valence-corrected chi connectivity index (χ1v) is 3.94. The minimum atomic E-state index is 0.390. The van der Waals surface area contributed by atoms with Crippen molar-refractivity contribution >= 4 is 16.3 Å². The van der Waals surface area contributed by atoms with Gasteiger partial charge in [-0.15, -0.1) is 6.58 Å². The highest BCUT2D eigenvalue weighted by Gasteiger charge is 1.95. The third-order valence-corrected chi connectivity index (χ3v) is 2.10. The first-order valence-electron chi connectivity index (χ1n) is 3.27. The van der Waals surface area contributed by atoms with Gasteiger partial charge in [-0.25, -0.2) is 0 Å². The molecule has 0 aliphatic rings. The maximum atomic E-state index is 3.72. The van der Waals surface area contributed by atoms with Crippen LogP contribution in [-0.4, -0.2) is 16.3 Å². The molecule has 0 nitrogen and oxygen atoms in total. The lowest BCUT2D eigenvalue weighted by Crippen LogP contribution is -1.91. The Morgan fingerprint density at radius 3 is 2.40 bits per heavy atom. The van der Waals surface area contributed by atoms with Crippen LogP contribution in [0.4, 0.5) is 0 Å². The van der Waals surface area contributed by atoms with Crippen molar-refractivity contribution in [2.75, 3.05) is 0 Å². The number of rotatable bonds is 2. The molecule has 0 aromatic heterocycles. The summed E-state index contributed by atoms with van der Waals surface area (Å²) in [6, 6.07) is 10.3. The second-order valence-corrected chi connectivity index (χ2v) is 2.89. The van der Waals surface area contributed by atoms with Gasteiger partial charge in [0.15, 0.2) is 0 Å². The van der Waals surface area contributed by atoms with Gasteiger partial charge < -0.3 is 0 Å². The summed E-state index contributed by atoms with van der Waals surface area (Å²) in [5.41, 5.74) is 1.29. The van der Waals surface area contributed by atoms with Crippen LogP contribution < -0.4 is 0 Å². The highest BCUT2D eigenvalue weighted by Crippen LogP contribution is 2.10. The van der Waals surface area contributed by atoms with Crippen LogP contribution in [0.15, 0.2) is 43.0 Å². The molecule has 1 atom stereocenters. The fourth-order valence-corrected chi connectivity index (χ4v) is 1.03. The summed E-state index contributed by atoms with van der Waals surface area (Å²) < 4.78 is 0.390. The molecule has 0 fully saturated rings. The second kappa shape index (κ2) is 3.61. The zero-order valence-corrected chi connectivity index (χ0v) is 6.98. The first kappa shape index (κ1) is 7.60. The van der Waals surface area contributed by atoms with Crippen LogP contribution in [0.25, 0.3) is 0 Å². The van der Waals surface area contributed by atoms with Crippen LogP contribution in [0.5, 0.6) is 0 Å². The van der Waals surface area contributed by atoms with Crippen molar-refractivity contribution in [3.8, 4) is 0 Å². The van der Waals surface area contributed by atoms with E-state index in [4.69, 9.17) is 0 Å². The molecule has 0 saturated carbocycles. The maximum Gasteiger partial charge on any atom is 0.138 e. The number of benzene rings is 1. The number of allylic oxidation sites excluding steroid dienone is 1. The minimum absolute atomic E-state index is 0.390. The Labute approximate surface area is 70.0 Å². The van der Waals surface area contributed by atoms with Crippen molar-refractivity contribution in [2.24, 2.45) is 0 Å². The van der Waals surface area contributed by atoms with Gasteiger partial charge >= 0.3 is 0 Å². The molecule has 0 amide bonds. The predicted octanol–water partition coefficient (Wildman–Crippen LogP) is 2.08. The van der Waals surface area contributed by atoms with E-state index in [9.17, 15) is 0 Å². The molecule has 10 heavy (non-hydrogen) atoms. The molecule has 0 aliphatic heterocycles. The van der Waals surface area contributed by atoms with Crippen molar-refractivity contribution in [2.45, 2.75) is 4.78 Å². The molecule has 0 heterocycles. The molecule has 0 spiro atoms. The molecule has 2 radical (unpaired) electrons. The average Bonchev–Trinajstić information content (AvgIpc) is 2.05. The SMILES string of the molecule is C=C[CH]([Al])c1ccccc1. The van der Waals surface area contributed by atoms with E-state index in [0.29, 0.717) is 4.78 Å². The molecular weight excluding hydrogens is 135 g/mol. The van der Waals surface area contributed by atoms with Gasteiger partial charge in [0, 0.05) is 0 Å². The topological polar surface area (TPSA) is 0 Å². The van der Waals surface area contributed by atoms with E-state index in [-0.39, 0.29) is 0 Å². The van der Waals surface area contributed by atoms with E-state index in [0.717, 1.165) is 0 Å². The monoisotopic (exact) mass is 144 g/mol. The fourth-order valence-electron chi connectivity index (χ4n) is 0.811. The average molecular weight is 144 g/mol. The molecule has 48 valence electrons. The molecular formula is C9H9Al. The van der Waals surface area contributed by atoms with E-state index < -0.39 is 0 Å². The predicted molar refractivity (Wildman–Crippen MR) is 45.1 cm³/mol. The summed E-state index contributed by atoms with van der Waals surface area (Å²) in [6.45, 7) is 3.72. The lowest BCUT2D eigenvalue weighted by atomic mass is 10.1. The van der Waals surface area contributed by atoms with E-state index in [2.05, 4.69) is 35.0 Å². The standard InChI is InChI=1S/C9H9.Al/c1-2-6-9-7-4-3-5-8-9;/h2-8H,1H2;. The van der Waals surface area contributed by atoms with Gasteiger partial charge in [-0.1, -0.05) is 46.8 Å². The van der Waals surface area contributed by atoms with Gasteiger partial charge in [-0.3, -0.25) is 0 Å². The molecule has 1 aromatic carbocycles. The van der Waals surface area contributed by atoms with Crippen LogP contribution in [-0.2, 0) is 0 Å². The molecule has 1 heteroatoms. The summed E-state index contributed by atoms with van der Waals surface area (Å²) in [5.74, 6) is 0. The largest absolute Gasteiger partial charge is 0.138 e. The number of hydrogen-bond acceptors (Lipinski definition) is 0. The Balaban J connectivity index is 2.84. The van der Waals surface area contributed by atoms with E-state index in [1.54, 1.807) is 0 Å². The summed E-state index contributed by atoms with van der Waals surface area (Å²) >= 11 is 2.73. The maximum absolute atomic E-state index is 3.72. The summed E-state index contributed by atoms with van der Waals surface area (Å²) in [7, 11) is 0. The van der Waals surface area contributed by atoms with Gasteiger partial charge in [-0.05, 0) is 0 Å². The van der Waals surface area contributed by atoms with E-state index in [1.807, 2.05) is 24.3 Å². The van der Waals surface area contributed by atoms with Crippen LogP contribution in [0, 0.1) is 0 Å². The van der Waals surface area contributed by atoms with E-state index in [1.165, 1.54) is 5.56 Å². The van der Waals surface area contributed by atoms with Crippen LogP contribution in [0.1, 0.15) is 10.3 Å². The van der Waals surface area contributed by atoms with Crippen molar-refractivity contribution in [3.63, 3.8) is 0 Å². The molecule has 0 bridgehead atoms. The van der Waals surface area contributed by atoms with Crippen molar-refractivity contribution in [1.82, 2.24) is 0 Å². The molecule has 1 rings (SSSR count). The van der Waals surface area contributed by atoms with Crippen LogP contribution in [0.3, 0.4) is 0 Å². The zero-order valence-electron chi connectivity index (χ0n) is 5.83. The molecule has 1 aromatic rings. The lowest BCUT2D eigenvalue weighted by Gasteiger charge is -2.04. The van der Waals surface area contributed by atoms with Gasteiger partial charge in [0.05, 0.1) is 0 Å². The molecule has 0 saturated heterocycles. The highest BCUT2D eigenvalue weighted by atomic mass is 27.0. The molecule has 1 unspecified atom stereocenters. The van der Waals surface area contributed by atoms with Gasteiger partial charge in [-0.2, -0.15) is 0 Å². The number of hydrogen-bond donors (Lipinski definition) is 0. The Bertz CT molecular complexity index is 203. The minimum Gasteiger partial charge on any atom is -0.104 e. The first-order chi connectivity index (χ1) is 4.84. The molecule has 0 aliphatic carbocycles. The Kier molecular flexibility index (Phi) is 2.74. The Morgan fingerprint density at radius 1 is 1.30 bits per heavy atom. The Hall–Kier alpha value is -0.508. The van der Waals surface area contributed by atoms with Crippen LogP contribution >= 0.6 is 0 Å². The third-order valence-electron chi connectivity index (χ3n) is 1.44. The molecule has 0 N–H and O–H groups in total. The van der Waals surface area contributed by atoms with Crippen molar-refractivity contribution < 1.29 is 0 Å². The van der Waals surface area contributed by atoms with Crippen LogP contribution in [0.2, 0.25) is 0 Å². The third kappa shape index (κ3) is 1.73. The normalized spacial score (nSPS) is 12.4.